The van der Waals surface area contributed by atoms with E-state index in [1.54, 1.807) is 12.2 Å². The molecule has 1 aromatic heterocycles. The minimum Gasteiger partial charge on any atom is -0.256 e. The van der Waals surface area contributed by atoms with E-state index in [4.69, 9.17) is 0 Å². The van der Waals surface area contributed by atoms with E-state index in [1.807, 2.05) is 18.3 Å². The molecule has 0 atom stereocenters. The predicted molar refractivity (Wildman–Crippen MR) is 78.5 cm³/mol. The molecule has 1 nitrogen and oxygen atoms in total. The van der Waals surface area contributed by atoms with E-state index in [-0.39, 0.29) is 5.83 Å². The molecule has 1 aliphatic carbocycles. The van der Waals surface area contributed by atoms with E-state index in [9.17, 15) is 4.39 Å². The highest BCUT2D eigenvalue weighted by molar-refractivity contribution is 5.67. The molecule has 2 heteroatoms. The van der Waals surface area contributed by atoms with Crippen LogP contribution in [0, 0.1) is 0 Å². The molecule has 0 saturated heterocycles. The normalized spacial score (nSPS) is 15.2. The molecule has 0 spiro atoms. The Morgan fingerprint density at radius 3 is 2.68 bits per heavy atom. The van der Waals surface area contributed by atoms with E-state index in [2.05, 4.69) is 24.9 Å². The molecule has 0 aromatic carbocycles. The molecule has 1 aromatic rings. The van der Waals surface area contributed by atoms with Gasteiger partial charge in [0.15, 0.2) is 0 Å². The van der Waals surface area contributed by atoms with Crippen molar-refractivity contribution >= 4 is 5.57 Å². The molecule has 1 heterocycles. The summed E-state index contributed by atoms with van der Waals surface area (Å²) < 4.78 is 13.4. The predicted octanol–water partition coefficient (Wildman–Crippen LogP) is 5.18. The lowest BCUT2D eigenvalue weighted by Crippen LogP contribution is -1.98. The molecular formula is C17H20FN. The number of aromatic nitrogens is 1. The summed E-state index contributed by atoms with van der Waals surface area (Å²) in [5, 5.41) is 0. The molecule has 0 amide bonds. The second-order valence-corrected chi connectivity index (χ2v) is 4.84. The summed E-state index contributed by atoms with van der Waals surface area (Å²) in [5.74, 6) is 0.357. The summed E-state index contributed by atoms with van der Waals surface area (Å²) in [7, 11) is 0. The Kier molecular flexibility index (Phi) is 4.67. The molecule has 0 bridgehead atoms. The van der Waals surface area contributed by atoms with Crippen LogP contribution in [0.5, 0.6) is 0 Å². The van der Waals surface area contributed by atoms with Crippen LogP contribution in [0.1, 0.15) is 50.3 Å². The zero-order chi connectivity index (χ0) is 13.7. The Morgan fingerprint density at radius 2 is 2.05 bits per heavy atom. The van der Waals surface area contributed by atoms with Gasteiger partial charge in [-0.25, -0.2) is 4.39 Å². The number of pyridine rings is 1. The number of nitrogens with zero attached hydrogens (tertiary/aromatic N) is 1. The first-order valence-corrected chi connectivity index (χ1v) is 6.93. The maximum atomic E-state index is 13.4. The first kappa shape index (κ1) is 13.7. The minimum atomic E-state index is -0.213. The second-order valence-electron chi connectivity index (χ2n) is 4.84. The maximum Gasteiger partial charge on any atom is 0.123 e. The molecule has 0 unspecified atom stereocenters. The topological polar surface area (TPSA) is 12.9 Å². The molecule has 100 valence electrons. The first-order chi connectivity index (χ1) is 9.24. The first-order valence-electron chi connectivity index (χ1n) is 6.93. The van der Waals surface area contributed by atoms with Crippen molar-refractivity contribution < 1.29 is 4.39 Å². The average molecular weight is 257 g/mol. The van der Waals surface area contributed by atoms with Crippen molar-refractivity contribution in [3.63, 3.8) is 0 Å². The Morgan fingerprint density at radius 1 is 1.26 bits per heavy atom. The standard InChI is InChI=1S/C17H20FN/c1-3-13(4-2)15-9-10-17(19-12-15)14-7-5-6-8-16(18)11-14/h5-6,8-13H,3-4,7H2,1-2H3. The third kappa shape index (κ3) is 3.40. The van der Waals surface area contributed by atoms with Gasteiger partial charge in [-0.3, -0.25) is 4.98 Å². The smallest absolute Gasteiger partial charge is 0.123 e. The van der Waals surface area contributed by atoms with Crippen molar-refractivity contribution in [2.45, 2.75) is 39.0 Å². The van der Waals surface area contributed by atoms with Gasteiger partial charge in [-0.05, 0) is 54.5 Å². The van der Waals surface area contributed by atoms with Crippen LogP contribution in [-0.2, 0) is 0 Å². The molecule has 0 saturated carbocycles. The van der Waals surface area contributed by atoms with Crippen molar-refractivity contribution in [3.05, 3.63) is 59.7 Å². The van der Waals surface area contributed by atoms with Gasteiger partial charge in [0.2, 0.25) is 0 Å². The van der Waals surface area contributed by atoms with Crippen molar-refractivity contribution in [1.82, 2.24) is 4.98 Å². The number of allylic oxidation sites excluding steroid dienone is 6. The minimum absolute atomic E-state index is 0.213. The SMILES string of the molecule is CCC(CC)c1ccc(C2=CC(F)=CC=CC2)nc1. The summed E-state index contributed by atoms with van der Waals surface area (Å²) in [5.41, 5.74) is 3.07. The van der Waals surface area contributed by atoms with Gasteiger partial charge in [0.05, 0.1) is 5.69 Å². The van der Waals surface area contributed by atoms with E-state index in [0.29, 0.717) is 5.92 Å². The van der Waals surface area contributed by atoms with Crippen LogP contribution in [0.4, 0.5) is 4.39 Å². The maximum absolute atomic E-state index is 13.4. The van der Waals surface area contributed by atoms with Gasteiger partial charge in [0, 0.05) is 6.20 Å². The lowest BCUT2D eigenvalue weighted by Gasteiger charge is -2.13. The molecule has 0 radical (unpaired) electrons. The summed E-state index contributed by atoms with van der Waals surface area (Å²) in [6.07, 6.45) is 11.7. The molecule has 19 heavy (non-hydrogen) atoms. The molecule has 2 rings (SSSR count). The van der Waals surface area contributed by atoms with Crippen LogP contribution < -0.4 is 0 Å². The van der Waals surface area contributed by atoms with Crippen LogP contribution in [0.2, 0.25) is 0 Å². The van der Waals surface area contributed by atoms with E-state index < -0.39 is 0 Å². The molecule has 0 aliphatic heterocycles. The Hall–Kier alpha value is -1.70. The van der Waals surface area contributed by atoms with Gasteiger partial charge in [0.1, 0.15) is 5.83 Å². The summed E-state index contributed by atoms with van der Waals surface area (Å²) >= 11 is 0. The van der Waals surface area contributed by atoms with Gasteiger partial charge in [-0.2, -0.15) is 0 Å². The highest BCUT2D eigenvalue weighted by atomic mass is 19.1. The van der Waals surface area contributed by atoms with Gasteiger partial charge >= 0.3 is 0 Å². The molecule has 0 N–H and O–H groups in total. The summed E-state index contributed by atoms with van der Waals surface area (Å²) in [6, 6.07) is 4.13. The fourth-order valence-corrected chi connectivity index (χ4v) is 2.40. The lowest BCUT2D eigenvalue weighted by molar-refractivity contribution is 0.639. The number of halogens is 1. The van der Waals surface area contributed by atoms with Gasteiger partial charge in [0.25, 0.3) is 0 Å². The van der Waals surface area contributed by atoms with Crippen LogP contribution >= 0.6 is 0 Å². The Bertz CT molecular complexity index is 505. The fourth-order valence-electron chi connectivity index (χ4n) is 2.40. The van der Waals surface area contributed by atoms with Crippen LogP contribution in [0.15, 0.2) is 48.5 Å². The largest absolute Gasteiger partial charge is 0.256 e. The van der Waals surface area contributed by atoms with Crippen LogP contribution in [0.25, 0.3) is 5.57 Å². The summed E-state index contributed by atoms with van der Waals surface area (Å²) in [6.45, 7) is 4.39. The monoisotopic (exact) mass is 257 g/mol. The van der Waals surface area contributed by atoms with Crippen LogP contribution in [0.3, 0.4) is 0 Å². The Balaban J connectivity index is 2.23. The second kappa shape index (κ2) is 6.46. The summed E-state index contributed by atoms with van der Waals surface area (Å²) in [4.78, 5) is 4.50. The van der Waals surface area contributed by atoms with Crippen LogP contribution in [-0.4, -0.2) is 4.98 Å². The zero-order valence-electron chi connectivity index (χ0n) is 11.6. The highest BCUT2D eigenvalue weighted by Crippen LogP contribution is 2.26. The van der Waals surface area contributed by atoms with Crippen molar-refractivity contribution in [2.24, 2.45) is 0 Å². The van der Waals surface area contributed by atoms with Crippen molar-refractivity contribution in [1.29, 1.82) is 0 Å². The highest BCUT2D eigenvalue weighted by Gasteiger charge is 2.09. The van der Waals surface area contributed by atoms with Crippen molar-refractivity contribution in [3.8, 4) is 0 Å². The van der Waals surface area contributed by atoms with E-state index >= 15 is 0 Å². The third-order valence-corrected chi connectivity index (χ3v) is 3.61. The quantitative estimate of drug-likeness (QED) is 0.724. The Labute approximate surface area is 114 Å². The third-order valence-electron chi connectivity index (χ3n) is 3.61. The number of rotatable bonds is 4. The van der Waals surface area contributed by atoms with Gasteiger partial charge in [-0.1, -0.05) is 32.1 Å². The van der Waals surface area contributed by atoms with E-state index in [0.717, 1.165) is 30.5 Å². The van der Waals surface area contributed by atoms with Gasteiger partial charge in [-0.15, -0.1) is 0 Å². The zero-order valence-corrected chi connectivity index (χ0v) is 11.6. The van der Waals surface area contributed by atoms with Crippen molar-refractivity contribution in [2.75, 3.05) is 0 Å². The van der Waals surface area contributed by atoms with E-state index in [1.165, 1.54) is 11.6 Å². The molecule has 1 aliphatic rings. The van der Waals surface area contributed by atoms with Gasteiger partial charge < -0.3 is 0 Å². The number of hydrogen-bond donors (Lipinski definition) is 0. The average Bonchev–Trinajstić information content (AvgIpc) is 2.66. The molecular weight excluding hydrogens is 237 g/mol. The molecule has 0 fully saturated rings. The fraction of sp³-hybridized carbons (Fsp3) is 0.353. The lowest BCUT2D eigenvalue weighted by atomic mass is 9.95. The number of hydrogen-bond acceptors (Lipinski definition) is 1.